The number of aromatic nitrogens is 3. The smallest absolute Gasteiger partial charge is 0.180 e. The molecule has 1 saturated carbocycles. The summed E-state index contributed by atoms with van der Waals surface area (Å²) in [5, 5.41) is 6.65. The van der Waals surface area contributed by atoms with Crippen molar-refractivity contribution in [2.24, 2.45) is 5.41 Å². The zero-order valence-electron chi connectivity index (χ0n) is 12.3. The van der Waals surface area contributed by atoms with Gasteiger partial charge in [-0.2, -0.15) is 0 Å². The van der Waals surface area contributed by atoms with E-state index in [4.69, 9.17) is 0 Å². The molecule has 1 aliphatic rings. The maximum absolute atomic E-state index is 4.61. The van der Waals surface area contributed by atoms with E-state index in [2.05, 4.69) is 27.5 Å². The molecule has 0 radical (unpaired) electrons. The summed E-state index contributed by atoms with van der Waals surface area (Å²) in [6, 6.07) is 0. The first-order valence-corrected chi connectivity index (χ1v) is 7.52. The van der Waals surface area contributed by atoms with Gasteiger partial charge < -0.3 is 15.0 Å². The van der Waals surface area contributed by atoms with Crippen LogP contribution < -0.4 is 10.6 Å². The van der Waals surface area contributed by atoms with Crippen LogP contribution in [0.3, 0.4) is 0 Å². The monoisotopic (exact) mass is 273 g/mol. The fourth-order valence-corrected chi connectivity index (χ4v) is 3.22. The molecule has 2 N–H and O–H groups in total. The Morgan fingerprint density at radius 2 is 2.15 bits per heavy atom. The Labute approximate surface area is 119 Å². The third kappa shape index (κ3) is 2.32. The number of rotatable bonds is 5. The van der Waals surface area contributed by atoms with E-state index in [1.807, 2.05) is 30.0 Å². The van der Waals surface area contributed by atoms with Gasteiger partial charge in [0.2, 0.25) is 0 Å². The van der Waals surface area contributed by atoms with Crippen molar-refractivity contribution in [3.8, 4) is 0 Å². The van der Waals surface area contributed by atoms with E-state index in [9.17, 15) is 0 Å². The zero-order chi connectivity index (χ0) is 14.0. The first-order valence-electron chi connectivity index (χ1n) is 7.52. The van der Waals surface area contributed by atoms with Gasteiger partial charge in [0.1, 0.15) is 5.82 Å². The van der Waals surface area contributed by atoms with Crippen LogP contribution in [0.2, 0.25) is 0 Å². The second-order valence-electron chi connectivity index (χ2n) is 5.80. The average Bonchev–Trinajstić information content (AvgIpc) is 3.14. The number of imidazole rings is 1. The highest BCUT2D eigenvalue weighted by atomic mass is 15.1. The SMILES string of the molecule is CCC1(CNc2nc(NC)cn3ccnc23)CCCC1. The maximum atomic E-state index is 4.61. The minimum Gasteiger partial charge on any atom is -0.372 e. The second kappa shape index (κ2) is 5.31. The Balaban J connectivity index is 1.84. The molecule has 2 aromatic rings. The van der Waals surface area contributed by atoms with Gasteiger partial charge in [0, 0.05) is 26.0 Å². The van der Waals surface area contributed by atoms with Gasteiger partial charge in [0.05, 0.1) is 6.20 Å². The number of anilines is 2. The maximum Gasteiger partial charge on any atom is 0.180 e. The van der Waals surface area contributed by atoms with Crippen molar-refractivity contribution in [1.82, 2.24) is 14.4 Å². The van der Waals surface area contributed by atoms with E-state index in [1.165, 1.54) is 32.1 Å². The Morgan fingerprint density at radius 1 is 1.35 bits per heavy atom. The van der Waals surface area contributed by atoms with E-state index in [0.29, 0.717) is 5.41 Å². The van der Waals surface area contributed by atoms with Crippen molar-refractivity contribution in [1.29, 1.82) is 0 Å². The number of hydrogen-bond acceptors (Lipinski definition) is 4. The highest BCUT2D eigenvalue weighted by Gasteiger charge is 2.31. The van der Waals surface area contributed by atoms with Crippen LogP contribution in [0, 0.1) is 5.41 Å². The molecule has 1 aliphatic carbocycles. The summed E-state index contributed by atoms with van der Waals surface area (Å²) >= 11 is 0. The highest BCUT2D eigenvalue weighted by Crippen LogP contribution is 2.41. The normalized spacial score (nSPS) is 17.5. The molecule has 0 saturated heterocycles. The molecule has 0 amide bonds. The molecular weight excluding hydrogens is 250 g/mol. The summed E-state index contributed by atoms with van der Waals surface area (Å²) in [4.78, 5) is 9.01. The standard InChI is InChI=1S/C15H23N5/c1-3-15(6-4-5-7-15)11-18-13-14-17-8-9-20(14)10-12(16-2)19-13/h8-10,16H,3-7,11H2,1-2H3,(H,18,19). The fourth-order valence-electron chi connectivity index (χ4n) is 3.22. The summed E-state index contributed by atoms with van der Waals surface area (Å²) < 4.78 is 2.01. The average molecular weight is 273 g/mol. The summed E-state index contributed by atoms with van der Waals surface area (Å²) in [5.41, 5.74) is 1.34. The molecule has 0 aliphatic heterocycles. The molecule has 3 rings (SSSR count). The lowest BCUT2D eigenvalue weighted by molar-refractivity contribution is 0.306. The number of nitrogens with one attached hydrogen (secondary N) is 2. The van der Waals surface area contributed by atoms with Crippen molar-refractivity contribution in [2.75, 3.05) is 24.2 Å². The molecule has 0 spiro atoms. The first kappa shape index (κ1) is 13.2. The minimum atomic E-state index is 0.445. The molecule has 2 aromatic heterocycles. The van der Waals surface area contributed by atoms with Gasteiger partial charge in [-0.05, 0) is 24.7 Å². The van der Waals surface area contributed by atoms with Crippen molar-refractivity contribution in [3.63, 3.8) is 0 Å². The van der Waals surface area contributed by atoms with Crippen LogP contribution in [0.1, 0.15) is 39.0 Å². The zero-order valence-corrected chi connectivity index (χ0v) is 12.3. The summed E-state index contributed by atoms with van der Waals surface area (Å²) in [6.45, 7) is 3.29. The lowest BCUT2D eigenvalue weighted by Crippen LogP contribution is -2.26. The second-order valence-corrected chi connectivity index (χ2v) is 5.80. The topological polar surface area (TPSA) is 54.2 Å². The molecule has 5 nitrogen and oxygen atoms in total. The lowest BCUT2D eigenvalue weighted by atomic mass is 9.83. The van der Waals surface area contributed by atoms with Crippen LogP contribution in [-0.2, 0) is 0 Å². The number of hydrogen-bond donors (Lipinski definition) is 2. The van der Waals surface area contributed by atoms with E-state index >= 15 is 0 Å². The van der Waals surface area contributed by atoms with E-state index < -0.39 is 0 Å². The third-order valence-corrected chi connectivity index (χ3v) is 4.68. The summed E-state index contributed by atoms with van der Waals surface area (Å²) in [7, 11) is 1.89. The lowest BCUT2D eigenvalue weighted by Gasteiger charge is -2.28. The van der Waals surface area contributed by atoms with E-state index in [0.717, 1.165) is 23.8 Å². The summed E-state index contributed by atoms with van der Waals surface area (Å²) in [6.07, 6.45) is 12.3. The predicted molar refractivity (Wildman–Crippen MR) is 82.2 cm³/mol. The quantitative estimate of drug-likeness (QED) is 0.878. The highest BCUT2D eigenvalue weighted by molar-refractivity contribution is 5.65. The first-order chi connectivity index (χ1) is 9.76. The summed E-state index contributed by atoms with van der Waals surface area (Å²) in [5.74, 6) is 1.73. The molecule has 108 valence electrons. The van der Waals surface area contributed by atoms with Crippen LogP contribution in [-0.4, -0.2) is 28.0 Å². The Hall–Kier alpha value is -1.78. The third-order valence-electron chi connectivity index (χ3n) is 4.68. The Bertz CT molecular complexity index is 583. The van der Waals surface area contributed by atoms with Crippen molar-refractivity contribution in [2.45, 2.75) is 39.0 Å². The molecule has 0 aromatic carbocycles. The van der Waals surface area contributed by atoms with Gasteiger partial charge in [-0.1, -0.05) is 19.8 Å². The predicted octanol–water partition coefficient (Wildman–Crippen LogP) is 3.15. The molecule has 1 fully saturated rings. The molecule has 20 heavy (non-hydrogen) atoms. The van der Waals surface area contributed by atoms with Crippen LogP contribution in [0.25, 0.3) is 5.65 Å². The van der Waals surface area contributed by atoms with Gasteiger partial charge in [-0.15, -0.1) is 0 Å². The number of fused-ring (bicyclic) bond motifs is 1. The fraction of sp³-hybridized carbons (Fsp3) is 0.600. The van der Waals surface area contributed by atoms with E-state index in [-0.39, 0.29) is 0 Å². The van der Waals surface area contributed by atoms with Crippen molar-refractivity contribution in [3.05, 3.63) is 18.6 Å². The molecule has 5 heteroatoms. The molecule has 2 heterocycles. The molecular formula is C15H23N5. The number of nitrogens with zero attached hydrogens (tertiary/aromatic N) is 3. The minimum absolute atomic E-state index is 0.445. The molecule has 0 unspecified atom stereocenters. The van der Waals surface area contributed by atoms with Crippen molar-refractivity contribution < 1.29 is 0 Å². The van der Waals surface area contributed by atoms with Gasteiger partial charge in [0.25, 0.3) is 0 Å². The van der Waals surface area contributed by atoms with Gasteiger partial charge in [-0.3, -0.25) is 0 Å². The Morgan fingerprint density at radius 3 is 2.85 bits per heavy atom. The van der Waals surface area contributed by atoms with Crippen molar-refractivity contribution >= 4 is 17.3 Å². The van der Waals surface area contributed by atoms with Crippen LogP contribution in [0.15, 0.2) is 18.6 Å². The van der Waals surface area contributed by atoms with Crippen LogP contribution >= 0.6 is 0 Å². The van der Waals surface area contributed by atoms with Gasteiger partial charge in [0.15, 0.2) is 11.5 Å². The molecule has 0 atom stereocenters. The van der Waals surface area contributed by atoms with Gasteiger partial charge in [-0.25, -0.2) is 9.97 Å². The van der Waals surface area contributed by atoms with Crippen LogP contribution in [0.4, 0.5) is 11.6 Å². The van der Waals surface area contributed by atoms with Gasteiger partial charge >= 0.3 is 0 Å². The Kier molecular flexibility index (Phi) is 3.51. The van der Waals surface area contributed by atoms with E-state index in [1.54, 1.807) is 0 Å². The largest absolute Gasteiger partial charge is 0.372 e. The van der Waals surface area contributed by atoms with Crippen LogP contribution in [0.5, 0.6) is 0 Å². The molecule has 0 bridgehead atoms.